The maximum absolute atomic E-state index is 11.0. The molecule has 0 aliphatic heterocycles. The fraction of sp³-hybridized carbons (Fsp3) is 0.154. The maximum atomic E-state index is 11.0. The average Bonchev–Trinajstić information content (AvgIpc) is 2.47. The molecule has 1 heterocycles. The number of nitrogens with one attached hydrogen (secondary N) is 1. The highest BCUT2D eigenvalue weighted by molar-refractivity contribution is 5.63. The van der Waals surface area contributed by atoms with Gasteiger partial charge in [-0.15, -0.1) is 0 Å². The van der Waals surface area contributed by atoms with Crippen LogP contribution in [0.5, 0.6) is 11.5 Å². The first kappa shape index (κ1) is 13.8. The van der Waals surface area contributed by atoms with E-state index in [1.54, 1.807) is 31.3 Å². The average molecular weight is 275 g/mol. The van der Waals surface area contributed by atoms with Crippen molar-refractivity contribution in [2.24, 2.45) is 0 Å². The number of hydrogen-bond acceptors (Lipinski definition) is 6. The zero-order chi connectivity index (χ0) is 14.5. The molecule has 1 aromatic heterocycles. The number of rotatable bonds is 5. The van der Waals surface area contributed by atoms with Gasteiger partial charge < -0.3 is 15.2 Å². The summed E-state index contributed by atoms with van der Waals surface area (Å²) in [5.74, 6) is 0.793. The van der Waals surface area contributed by atoms with Crippen LogP contribution in [0.3, 0.4) is 0 Å². The summed E-state index contributed by atoms with van der Waals surface area (Å²) in [6.07, 6.45) is 1.50. The molecule has 1 aromatic carbocycles. The molecule has 0 amide bonds. The van der Waals surface area contributed by atoms with Crippen molar-refractivity contribution >= 4 is 11.4 Å². The molecule has 0 aliphatic rings. The van der Waals surface area contributed by atoms with Gasteiger partial charge >= 0.3 is 0 Å². The Hall–Kier alpha value is -2.67. The summed E-state index contributed by atoms with van der Waals surface area (Å²) in [7, 11) is 1.61. The van der Waals surface area contributed by atoms with Gasteiger partial charge in [0.1, 0.15) is 17.2 Å². The van der Waals surface area contributed by atoms with Crippen molar-refractivity contribution in [3.63, 3.8) is 0 Å². The monoisotopic (exact) mass is 275 g/mol. The third-order valence-electron chi connectivity index (χ3n) is 2.62. The van der Waals surface area contributed by atoms with E-state index >= 15 is 0 Å². The molecule has 0 atom stereocenters. The fourth-order valence-corrected chi connectivity index (χ4v) is 1.68. The molecule has 2 N–H and O–H groups in total. The predicted octanol–water partition coefficient (Wildman–Crippen LogP) is 2.32. The van der Waals surface area contributed by atoms with Gasteiger partial charge in [0, 0.05) is 19.3 Å². The third-order valence-corrected chi connectivity index (χ3v) is 2.62. The van der Waals surface area contributed by atoms with Crippen molar-refractivity contribution in [1.82, 2.24) is 4.98 Å². The number of anilines is 1. The lowest BCUT2D eigenvalue weighted by atomic mass is 10.2. The molecule has 7 nitrogen and oxygen atoms in total. The van der Waals surface area contributed by atoms with E-state index in [4.69, 9.17) is 9.84 Å². The number of ether oxygens (including phenoxy) is 1. The van der Waals surface area contributed by atoms with Crippen molar-refractivity contribution in [3.8, 4) is 11.5 Å². The number of pyridine rings is 1. The van der Waals surface area contributed by atoms with Crippen molar-refractivity contribution in [1.29, 1.82) is 0 Å². The molecule has 0 saturated heterocycles. The van der Waals surface area contributed by atoms with Gasteiger partial charge in [0.2, 0.25) is 0 Å². The van der Waals surface area contributed by atoms with E-state index in [2.05, 4.69) is 10.3 Å². The summed E-state index contributed by atoms with van der Waals surface area (Å²) < 4.78 is 5.53. The number of aliphatic hydroxyl groups is 1. The smallest absolute Gasteiger partial charge is 0.296 e. The van der Waals surface area contributed by atoms with E-state index in [0.717, 1.165) is 0 Å². The quantitative estimate of drug-likeness (QED) is 0.642. The van der Waals surface area contributed by atoms with E-state index in [1.807, 2.05) is 0 Å². The van der Waals surface area contributed by atoms with Crippen LogP contribution in [-0.2, 0) is 6.61 Å². The Kier molecular flexibility index (Phi) is 4.11. The predicted molar refractivity (Wildman–Crippen MR) is 72.9 cm³/mol. The lowest BCUT2D eigenvalue weighted by Gasteiger charge is -2.08. The van der Waals surface area contributed by atoms with Gasteiger partial charge in [-0.2, -0.15) is 0 Å². The molecule has 2 rings (SSSR count). The molecule has 0 fully saturated rings. The largest absolute Gasteiger partial charge is 0.457 e. The Bertz CT molecular complexity index is 631. The van der Waals surface area contributed by atoms with Crippen LogP contribution in [0.15, 0.2) is 36.5 Å². The number of nitro benzene ring substituents is 1. The van der Waals surface area contributed by atoms with Crippen LogP contribution in [0, 0.1) is 10.1 Å². The van der Waals surface area contributed by atoms with E-state index in [-0.39, 0.29) is 12.3 Å². The van der Waals surface area contributed by atoms with Crippen LogP contribution in [0.4, 0.5) is 11.4 Å². The first-order valence-corrected chi connectivity index (χ1v) is 5.84. The minimum Gasteiger partial charge on any atom is -0.457 e. The Balaban J connectivity index is 2.29. The molecule has 0 spiro atoms. The number of benzene rings is 1. The zero-order valence-electron chi connectivity index (χ0n) is 10.7. The second kappa shape index (κ2) is 5.98. The number of nitro groups is 1. The van der Waals surface area contributed by atoms with Crippen molar-refractivity contribution in [2.45, 2.75) is 6.61 Å². The van der Waals surface area contributed by atoms with Crippen LogP contribution in [0.2, 0.25) is 0 Å². The summed E-state index contributed by atoms with van der Waals surface area (Å²) in [6.45, 7) is -0.198. The van der Waals surface area contributed by atoms with Gasteiger partial charge in [-0.05, 0) is 18.2 Å². The topological polar surface area (TPSA) is 97.5 Å². The van der Waals surface area contributed by atoms with Crippen LogP contribution >= 0.6 is 0 Å². The molecule has 0 aliphatic carbocycles. The van der Waals surface area contributed by atoms with Crippen LogP contribution < -0.4 is 10.1 Å². The molecule has 104 valence electrons. The fourth-order valence-electron chi connectivity index (χ4n) is 1.68. The number of aliphatic hydroxyl groups excluding tert-OH is 1. The molecular weight excluding hydrogens is 262 g/mol. The highest BCUT2D eigenvalue weighted by atomic mass is 16.6. The summed E-state index contributed by atoms with van der Waals surface area (Å²) in [4.78, 5) is 14.4. The van der Waals surface area contributed by atoms with E-state index in [1.165, 1.54) is 12.3 Å². The molecule has 20 heavy (non-hydrogen) atoms. The van der Waals surface area contributed by atoms with Crippen molar-refractivity contribution in [3.05, 3.63) is 52.3 Å². The molecule has 7 heteroatoms. The molecule has 2 aromatic rings. The SMILES string of the molecule is CNc1ccc(Oc2ccnc(CO)c2)cc1[N+](=O)[O-]. The maximum Gasteiger partial charge on any atom is 0.296 e. The standard InChI is InChI=1S/C13H13N3O4/c1-14-12-3-2-10(7-13(12)16(18)19)20-11-4-5-15-9(6-11)8-17/h2-7,14,17H,8H2,1H3. The van der Waals surface area contributed by atoms with Gasteiger partial charge in [0.05, 0.1) is 23.3 Å². The third kappa shape index (κ3) is 3.01. The van der Waals surface area contributed by atoms with Crippen molar-refractivity contribution < 1.29 is 14.8 Å². The van der Waals surface area contributed by atoms with E-state index in [9.17, 15) is 10.1 Å². The Labute approximate surface area is 115 Å². The molecule has 0 saturated carbocycles. The minimum absolute atomic E-state index is 0.0681. The first-order valence-electron chi connectivity index (χ1n) is 5.84. The Morgan fingerprint density at radius 2 is 2.10 bits per heavy atom. The second-order valence-corrected chi connectivity index (χ2v) is 3.93. The number of nitrogens with zero attached hydrogens (tertiary/aromatic N) is 2. The summed E-state index contributed by atoms with van der Waals surface area (Å²) in [6, 6.07) is 7.71. The van der Waals surface area contributed by atoms with Gasteiger partial charge in [0.15, 0.2) is 0 Å². The Morgan fingerprint density at radius 3 is 2.75 bits per heavy atom. The van der Waals surface area contributed by atoms with E-state index in [0.29, 0.717) is 22.9 Å². The summed E-state index contributed by atoms with van der Waals surface area (Å²) in [5, 5.41) is 22.7. The van der Waals surface area contributed by atoms with Gasteiger partial charge in [-0.3, -0.25) is 15.1 Å². The molecule has 0 unspecified atom stereocenters. The first-order chi connectivity index (χ1) is 9.63. The van der Waals surface area contributed by atoms with Crippen LogP contribution in [-0.4, -0.2) is 22.1 Å². The normalized spacial score (nSPS) is 10.1. The second-order valence-electron chi connectivity index (χ2n) is 3.93. The number of aromatic nitrogens is 1. The summed E-state index contributed by atoms with van der Waals surface area (Å²) >= 11 is 0. The molecule has 0 bridgehead atoms. The minimum atomic E-state index is -0.482. The van der Waals surface area contributed by atoms with Crippen molar-refractivity contribution in [2.75, 3.05) is 12.4 Å². The highest BCUT2D eigenvalue weighted by Crippen LogP contribution is 2.31. The lowest BCUT2D eigenvalue weighted by Crippen LogP contribution is -1.97. The van der Waals surface area contributed by atoms with Gasteiger partial charge in [-0.1, -0.05) is 0 Å². The molecular formula is C13H13N3O4. The number of hydrogen-bond donors (Lipinski definition) is 2. The van der Waals surface area contributed by atoms with E-state index < -0.39 is 4.92 Å². The lowest BCUT2D eigenvalue weighted by molar-refractivity contribution is -0.384. The Morgan fingerprint density at radius 1 is 1.35 bits per heavy atom. The van der Waals surface area contributed by atoms with Gasteiger partial charge in [-0.25, -0.2) is 0 Å². The van der Waals surface area contributed by atoms with Crippen LogP contribution in [0.25, 0.3) is 0 Å². The van der Waals surface area contributed by atoms with Crippen LogP contribution in [0.1, 0.15) is 5.69 Å². The summed E-state index contributed by atoms with van der Waals surface area (Å²) in [5.41, 5.74) is 0.804. The molecule has 0 radical (unpaired) electrons. The zero-order valence-corrected chi connectivity index (χ0v) is 10.7. The van der Waals surface area contributed by atoms with Gasteiger partial charge in [0.25, 0.3) is 5.69 Å². The highest BCUT2D eigenvalue weighted by Gasteiger charge is 2.14.